The van der Waals surface area contributed by atoms with Crippen LogP contribution in [-0.4, -0.2) is 68.6 Å². The number of rotatable bonds is 5. The van der Waals surface area contributed by atoms with Crippen molar-refractivity contribution < 1.29 is 17.6 Å². The molecule has 24 heavy (non-hydrogen) atoms. The fourth-order valence-corrected chi connectivity index (χ4v) is 3.89. The molecule has 1 aliphatic rings. The number of halogens is 1. The van der Waals surface area contributed by atoms with Gasteiger partial charge >= 0.3 is 0 Å². The normalized spacial score (nSPS) is 16.1. The number of piperazine rings is 1. The average Bonchev–Trinajstić information content (AvgIpc) is 2.52. The number of carbonyl (C=O) groups excluding carboxylic acids is 1. The first kappa shape index (κ1) is 18.7. The monoisotopic (exact) mass is 357 g/mol. The average molecular weight is 357 g/mol. The maximum Gasteiger partial charge on any atom is 0.238 e. The molecule has 1 fully saturated rings. The maximum absolute atomic E-state index is 13.0. The summed E-state index contributed by atoms with van der Waals surface area (Å²) in [4.78, 5) is 16.2. The molecular weight excluding hydrogens is 333 g/mol. The van der Waals surface area contributed by atoms with Crippen LogP contribution >= 0.6 is 0 Å². The molecule has 0 radical (unpaired) electrons. The van der Waals surface area contributed by atoms with E-state index in [2.05, 4.69) is 4.90 Å². The van der Waals surface area contributed by atoms with Gasteiger partial charge < -0.3 is 9.80 Å². The van der Waals surface area contributed by atoms with Gasteiger partial charge in [-0.1, -0.05) is 0 Å². The largest absolute Gasteiger partial charge is 0.368 e. The van der Waals surface area contributed by atoms with Gasteiger partial charge in [0.2, 0.25) is 15.9 Å². The molecule has 6 nitrogen and oxygen atoms in total. The molecule has 0 N–H and O–H groups in total. The number of hydrogen-bond acceptors (Lipinski definition) is 4. The Morgan fingerprint density at radius 2 is 1.71 bits per heavy atom. The van der Waals surface area contributed by atoms with Crippen molar-refractivity contribution in [2.24, 2.45) is 0 Å². The molecule has 1 aromatic rings. The highest BCUT2D eigenvalue weighted by atomic mass is 32.2. The van der Waals surface area contributed by atoms with Crippen LogP contribution in [0.5, 0.6) is 0 Å². The van der Waals surface area contributed by atoms with Crippen LogP contribution in [0.1, 0.15) is 13.8 Å². The van der Waals surface area contributed by atoms with Crippen molar-refractivity contribution in [3.8, 4) is 0 Å². The Hall–Kier alpha value is -1.67. The van der Waals surface area contributed by atoms with E-state index in [9.17, 15) is 17.6 Å². The molecule has 2 rings (SSSR count). The van der Waals surface area contributed by atoms with E-state index < -0.39 is 10.0 Å². The third-order valence-corrected chi connectivity index (χ3v) is 5.52. The molecule has 1 aromatic carbocycles. The summed E-state index contributed by atoms with van der Waals surface area (Å²) in [5, 5.41) is 0. The predicted octanol–water partition coefficient (Wildman–Crippen LogP) is 1.14. The van der Waals surface area contributed by atoms with Gasteiger partial charge in [0.25, 0.3) is 0 Å². The number of sulfonamides is 1. The topological polar surface area (TPSA) is 60.9 Å². The van der Waals surface area contributed by atoms with E-state index in [4.69, 9.17) is 0 Å². The molecule has 1 heterocycles. The minimum absolute atomic E-state index is 0.132. The molecule has 1 saturated heterocycles. The first-order valence-corrected chi connectivity index (χ1v) is 9.78. The van der Waals surface area contributed by atoms with Gasteiger partial charge in [-0.05, 0) is 38.1 Å². The van der Waals surface area contributed by atoms with Crippen molar-refractivity contribution in [3.05, 3.63) is 30.1 Å². The first-order valence-electron chi connectivity index (χ1n) is 7.93. The van der Waals surface area contributed by atoms with E-state index in [1.54, 1.807) is 30.9 Å². The third kappa shape index (κ3) is 4.67. The molecule has 0 atom stereocenters. The molecule has 0 bridgehead atoms. The Labute approximate surface area is 142 Å². The summed E-state index contributed by atoms with van der Waals surface area (Å²) in [7, 11) is -3.42. The quantitative estimate of drug-likeness (QED) is 0.793. The standard InChI is InChI=1S/C16H24FN3O3S/c1-13(2)20(24(3,22)23)12-16(21)19-10-8-18(9-11-19)15-6-4-14(17)5-7-15/h4-7,13H,8-12H2,1-3H3. The molecule has 0 spiro atoms. The second kappa shape index (κ2) is 7.48. The second-order valence-corrected chi connectivity index (χ2v) is 8.18. The fraction of sp³-hybridized carbons (Fsp3) is 0.562. The molecule has 134 valence electrons. The van der Waals surface area contributed by atoms with E-state index in [0.29, 0.717) is 26.2 Å². The third-order valence-electron chi connectivity index (χ3n) is 4.12. The van der Waals surface area contributed by atoms with Crippen molar-refractivity contribution in [1.82, 2.24) is 9.21 Å². The lowest BCUT2D eigenvalue weighted by Crippen LogP contribution is -2.52. The Morgan fingerprint density at radius 1 is 1.17 bits per heavy atom. The van der Waals surface area contributed by atoms with Crippen LogP contribution in [0.15, 0.2) is 24.3 Å². The van der Waals surface area contributed by atoms with Crippen molar-refractivity contribution in [2.45, 2.75) is 19.9 Å². The second-order valence-electron chi connectivity index (χ2n) is 6.25. The zero-order chi connectivity index (χ0) is 17.9. The maximum atomic E-state index is 13.0. The van der Waals surface area contributed by atoms with Gasteiger partial charge in [0.05, 0.1) is 12.8 Å². The lowest BCUT2D eigenvalue weighted by molar-refractivity contribution is -0.131. The number of benzene rings is 1. The van der Waals surface area contributed by atoms with E-state index in [1.807, 2.05) is 0 Å². The minimum atomic E-state index is -3.42. The Bertz CT molecular complexity index is 668. The van der Waals surface area contributed by atoms with Crippen LogP contribution < -0.4 is 4.90 Å². The number of nitrogens with zero attached hydrogens (tertiary/aromatic N) is 3. The summed E-state index contributed by atoms with van der Waals surface area (Å²) >= 11 is 0. The van der Waals surface area contributed by atoms with Crippen molar-refractivity contribution in [2.75, 3.05) is 43.9 Å². The van der Waals surface area contributed by atoms with Gasteiger partial charge in [-0.2, -0.15) is 4.31 Å². The van der Waals surface area contributed by atoms with Crippen molar-refractivity contribution >= 4 is 21.6 Å². The Kier molecular flexibility index (Phi) is 5.82. The van der Waals surface area contributed by atoms with Crippen LogP contribution in [-0.2, 0) is 14.8 Å². The van der Waals surface area contributed by atoms with E-state index in [1.165, 1.54) is 16.4 Å². The summed E-state index contributed by atoms with van der Waals surface area (Å²) < 4.78 is 37.7. The Balaban J connectivity index is 1.94. The molecule has 1 aliphatic heterocycles. The summed E-state index contributed by atoms with van der Waals surface area (Å²) in [6, 6.07) is 6.01. The SMILES string of the molecule is CC(C)N(CC(=O)N1CCN(c2ccc(F)cc2)CC1)S(C)(=O)=O. The molecule has 0 aliphatic carbocycles. The van der Waals surface area contributed by atoms with Gasteiger partial charge in [-0.25, -0.2) is 12.8 Å². The summed E-state index contributed by atoms with van der Waals surface area (Å²) in [5.74, 6) is -0.463. The zero-order valence-corrected chi connectivity index (χ0v) is 15.1. The van der Waals surface area contributed by atoms with Crippen LogP contribution in [0.25, 0.3) is 0 Å². The van der Waals surface area contributed by atoms with Gasteiger partial charge in [-0.15, -0.1) is 0 Å². The van der Waals surface area contributed by atoms with Gasteiger partial charge in [0.15, 0.2) is 0 Å². The molecular formula is C16H24FN3O3S. The molecule has 0 aromatic heterocycles. The minimum Gasteiger partial charge on any atom is -0.368 e. The number of amides is 1. The fourth-order valence-electron chi connectivity index (χ4n) is 2.78. The van der Waals surface area contributed by atoms with Crippen molar-refractivity contribution in [1.29, 1.82) is 0 Å². The summed E-state index contributed by atoms with van der Waals surface area (Å²) in [6.45, 7) is 5.68. The van der Waals surface area contributed by atoms with Crippen LogP contribution in [0.2, 0.25) is 0 Å². The van der Waals surface area contributed by atoms with E-state index >= 15 is 0 Å². The number of anilines is 1. The zero-order valence-electron chi connectivity index (χ0n) is 14.3. The highest BCUT2D eigenvalue weighted by molar-refractivity contribution is 7.88. The number of hydrogen-bond donors (Lipinski definition) is 0. The lowest BCUT2D eigenvalue weighted by Gasteiger charge is -2.37. The van der Waals surface area contributed by atoms with E-state index in [-0.39, 0.29) is 24.3 Å². The summed E-state index contributed by atoms with van der Waals surface area (Å²) in [5.41, 5.74) is 0.920. The Morgan fingerprint density at radius 3 is 2.17 bits per heavy atom. The smallest absolute Gasteiger partial charge is 0.238 e. The number of carbonyl (C=O) groups is 1. The van der Waals surface area contributed by atoms with Gasteiger partial charge in [0.1, 0.15) is 5.82 Å². The predicted molar refractivity (Wildman–Crippen MR) is 91.9 cm³/mol. The van der Waals surface area contributed by atoms with Crippen LogP contribution in [0, 0.1) is 5.82 Å². The van der Waals surface area contributed by atoms with E-state index in [0.717, 1.165) is 11.9 Å². The lowest BCUT2D eigenvalue weighted by atomic mass is 10.2. The van der Waals surface area contributed by atoms with Crippen LogP contribution in [0.3, 0.4) is 0 Å². The highest BCUT2D eigenvalue weighted by Crippen LogP contribution is 2.17. The molecule has 0 unspecified atom stereocenters. The van der Waals surface area contributed by atoms with Crippen molar-refractivity contribution in [3.63, 3.8) is 0 Å². The van der Waals surface area contributed by atoms with Gasteiger partial charge in [-0.3, -0.25) is 4.79 Å². The van der Waals surface area contributed by atoms with Crippen LogP contribution in [0.4, 0.5) is 10.1 Å². The first-order chi connectivity index (χ1) is 11.2. The summed E-state index contributed by atoms with van der Waals surface area (Å²) in [6.07, 6.45) is 1.12. The highest BCUT2D eigenvalue weighted by Gasteiger charge is 2.27. The molecule has 8 heteroatoms. The molecule has 1 amide bonds. The molecule has 0 saturated carbocycles. The van der Waals surface area contributed by atoms with Gasteiger partial charge in [0, 0.05) is 37.9 Å².